The number of ether oxygens (including phenoxy) is 1. The third-order valence-electron chi connectivity index (χ3n) is 2.31. The molecule has 0 aliphatic carbocycles. The molecule has 0 heterocycles. The first-order valence-corrected chi connectivity index (χ1v) is 6.73. The van der Waals surface area contributed by atoms with Crippen molar-refractivity contribution in [2.75, 3.05) is 6.54 Å². The van der Waals surface area contributed by atoms with Gasteiger partial charge >= 0.3 is 12.1 Å². The topological polar surface area (TPSA) is 92.7 Å². The third-order valence-corrected chi connectivity index (χ3v) is 3.15. The highest BCUT2D eigenvalue weighted by Gasteiger charge is 2.18. The molecule has 0 aliphatic rings. The predicted octanol–water partition coefficient (Wildman–Crippen LogP) is 1.72. The van der Waals surface area contributed by atoms with Crippen LogP contribution in [0.25, 0.3) is 0 Å². The zero-order chi connectivity index (χ0) is 15.0. The smallest absolute Gasteiger partial charge is 0.407 e. The fourth-order valence-electron chi connectivity index (χ4n) is 1.32. The molecule has 1 atom stereocenters. The minimum atomic E-state index is -1.20. The van der Waals surface area contributed by atoms with E-state index < -0.39 is 29.1 Å². The van der Waals surface area contributed by atoms with Crippen molar-refractivity contribution in [2.24, 2.45) is 0 Å². The van der Waals surface area contributed by atoms with Crippen LogP contribution in [0.4, 0.5) is 4.79 Å². The number of hydrogen-bond acceptors (Lipinski definition) is 4. The second kappa shape index (κ2) is 8.31. The van der Waals surface area contributed by atoms with E-state index in [-0.39, 0.29) is 13.2 Å². The number of alkyl carbamates (subject to hydrolysis) is 1. The van der Waals surface area contributed by atoms with E-state index in [1.165, 1.54) is 0 Å². The maximum atomic E-state index is 11.4. The van der Waals surface area contributed by atoms with Gasteiger partial charge in [0.1, 0.15) is 13.0 Å². The van der Waals surface area contributed by atoms with Crippen molar-refractivity contribution in [3.63, 3.8) is 0 Å². The van der Waals surface area contributed by atoms with Gasteiger partial charge in [0, 0.05) is 6.54 Å². The monoisotopic (exact) mass is 343 g/mol. The highest BCUT2D eigenvalue weighted by Crippen LogP contribution is 2.04. The largest absolute Gasteiger partial charge is 0.481 e. The molecule has 1 aromatic rings. The first-order valence-electron chi connectivity index (χ1n) is 5.82. The van der Waals surface area contributed by atoms with Crippen molar-refractivity contribution in [3.05, 3.63) is 35.9 Å². The van der Waals surface area contributed by atoms with Crippen LogP contribution in [0, 0.1) is 0 Å². The van der Waals surface area contributed by atoms with E-state index in [4.69, 9.17) is 9.84 Å². The Kier molecular flexibility index (Phi) is 6.72. The van der Waals surface area contributed by atoms with Crippen LogP contribution in [0.3, 0.4) is 0 Å². The number of carbonyl (C=O) groups is 3. The SMILES string of the molecule is O=C(O)CC(=O)C(Br)CNC(=O)OCc1ccccc1. The van der Waals surface area contributed by atoms with E-state index >= 15 is 0 Å². The minimum Gasteiger partial charge on any atom is -0.481 e. The van der Waals surface area contributed by atoms with Gasteiger partial charge in [0.2, 0.25) is 0 Å². The molecular weight excluding hydrogens is 330 g/mol. The highest BCUT2D eigenvalue weighted by atomic mass is 79.9. The van der Waals surface area contributed by atoms with Crippen molar-refractivity contribution >= 4 is 33.8 Å². The van der Waals surface area contributed by atoms with Crippen LogP contribution in [0.1, 0.15) is 12.0 Å². The number of carboxylic acid groups (broad SMARTS) is 1. The molecule has 0 spiro atoms. The summed E-state index contributed by atoms with van der Waals surface area (Å²) in [6, 6.07) is 9.15. The van der Waals surface area contributed by atoms with E-state index in [1.54, 1.807) is 0 Å². The Morgan fingerprint density at radius 3 is 2.50 bits per heavy atom. The summed E-state index contributed by atoms with van der Waals surface area (Å²) in [5.74, 6) is -1.72. The molecule has 1 amide bonds. The number of benzene rings is 1. The van der Waals surface area contributed by atoms with Gasteiger partial charge in [-0.25, -0.2) is 4.79 Å². The summed E-state index contributed by atoms with van der Waals surface area (Å²) >= 11 is 3.01. The molecule has 0 saturated carbocycles. The number of halogens is 1. The van der Waals surface area contributed by atoms with Crippen molar-refractivity contribution in [3.8, 4) is 0 Å². The molecular formula is C13H14BrNO5. The van der Waals surface area contributed by atoms with Gasteiger partial charge in [-0.05, 0) is 5.56 Å². The number of amides is 1. The van der Waals surface area contributed by atoms with Crippen molar-refractivity contribution in [2.45, 2.75) is 17.9 Å². The van der Waals surface area contributed by atoms with E-state index in [0.29, 0.717) is 0 Å². The fourth-order valence-corrected chi connectivity index (χ4v) is 1.64. The Morgan fingerprint density at radius 1 is 1.25 bits per heavy atom. The number of Topliss-reactive ketones (excluding diaryl/α,β-unsaturated/α-hetero) is 1. The molecule has 0 aromatic heterocycles. The molecule has 1 unspecified atom stereocenters. The van der Waals surface area contributed by atoms with Gasteiger partial charge in [0.25, 0.3) is 0 Å². The lowest BCUT2D eigenvalue weighted by Crippen LogP contribution is -2.34. The fraction of sp³-hybridized carbons (Fsp3) is 0.308. The Balaban J connectivity index is 2.26. The van der Waals surface area contributed by atoms with Crippen LogP contribution in [-0.2, 0) is 20.9 Å². The van der Waals surface area contributed by atoms with Gasteiger partial charge in [-0.3, -0.25) is 9.59 Å². The van der Waals surface area contributed by atoms with Gasteiger partial charge in [0.15, 0.2) is 5.78 Å². The number of alkyl halides is 1. The van der Waals surface area contributed by atoms with Crippen LogP contribution in [0.5, 0.6) is 0 Å². The molecule has 1 aromatic carbocycles. The lowest BCUT2D eigenvalue weighted by molar-refractivity contribution is -0.140. The quantitative estimate of drug-likeness (QED) is 0.580. The Labute approximate surface area is 124 Å². The average molecular weight is 344 g/mol. The molecule has 0 radical (unpaired) electrons. The highest BCUT2D eigenvalue weighted by molar-refractivity contribution is 9.10. The van der Waals surface area contributed by atoms with Gasteiger partial charge < -0.3 is 15.2 Å². The van der Waals surface area contributed by atoms with E-state index in [1.807, 2.05) is 30.3 Å². The minimum absolute atomic E-state index is 0.0280. The number of carboxylic acids is 1. The molecule has 0 saturated heterocycles. The van der Waals surface area contributed by atoms with E-state index in [2.05, 4.69) is 21.2 Å². The van der Waals surface area contributed by atoms with Crippen LogP contribution < -0.4 is 5.32 Å². The molecule has 1 rings (SSSR count). The van der Waals surface area contributed by atoms with Crippen LogP contribution in [0.15, 0.2) is 30.3 Å². The van der Waals surface area contributed by atoms with Gasteiger partial charge in [-0.1, -0.05) is 46.3 Å². The van der Waals surface area contributed by atoms with Gasteiger partial charge in [-0.15, -0.1) is 0 Å². The normalized spacial score (nSPS) is 11.4. The number of aliphatic carboxylic acids is 1. The second-order valence-electron chi connectivity index (χ2n) is 3.95. The maximum Gasteiger partial charge on any atom is 0.407 e. The molecule has 0 aliphatic heterocycles. The molecule has 0 fully saturated rings. The maximum absolute atomic E-state index is 11.4. The Bertz CT molecular complexity index is 477. The molecule has 7 heteroatoms. The number of carbonyl (C=O) groups excluding carboxylic acids is 2. The number of nitrogens with one attached hydrogen (secondary N) is 1. The lowest BCUT2D eigenvalue weighted by Gasteiger charge is -2.10. The van der Waals surface area contributed by atoms with Crippen molar-refractivity contribution < 1.29 is 24.2 Å². The summed E-state index contributed by atoms with van der Waals surface area (Å²) in [5, 5.41) is 10.9. The zero-order valence-corrected chi connectivity index (χ0v) is 12.1. The second-order valence-corrected chi connectivity index (χ2v) is 5.05. The van der Waals surface area contributed by atoms with Crippen LogP contribution in [0.2, 0.25) is 0 Å². The van der Waals surface area contributed by atoms with Crippen LogP contribution >= 0.6 is 15.9 Å². The molecule has 2 N–H and O–H groups in total. The van der Waals surface area contributed by atoms with E-state index in [9.17, 15) is 14.4 Å². The molecule has 0 bridgehead atoms. The van der Waals surface area contributed by atoms with Gasteiger partial charge in [0.05, 0.1) is 4.83 Å². The van der Waals surface area contributed by atoms with Crippen molar-refractivity contribution in [1.82, 2.24) is 5.32 Å². The molecule has 108 valence electrons. The summed E-state index contributed by atoms with van der Waals surface area (Å²) in [4.78, 5) is 32.3. The Hall–Kier alpha value is -1.89. The predicted molar refractivity (Wildman–Crippen MR) is 74.6 cm³/mol. The van der Waals surface area contributed by atoms with E-state index in [0.717, 1.165) is 5.56 Å². The summed E-state index contributed by atoms with van der Waals surface area (Å²) in [6.07, 6.45) is -1.25. The molecule has 20 heavy (non-hydrogen) atoms. The molecule has 6 nitrogen and oxygen atoms in total. The summed E-state index contributed by atoms with van der Waals surface area (Å²) in [6.45, 7) is 0.0996. The Morgan fingerprint density at radius 2 is 1.90 bits per heavy atom. The third kappa shape index (κ3) is 6.33. The number of hydrogen-bond donors (Lipinski definition) is 2. The summed E-state index contributed by atoms with van der Waals surface area (Å²) < 4.78 is 4.94. The standard InChI is InChI=1S/C13H14BrNO5/c14-10(11(16)6-12(17)18)7-15-13(19)20-8-9-4-2-1-3-5-9/h1-5,10H,6-8H2,(H,15,19)(H,17,18). The zero-order valence-electron chi connectivity index (χ0n) is 10.5. The number of ketones is 1. The average Bonchev–Trinajstić information content (AvgIpc) is 2.42. The number of rotatable bonds is 7. The van der Waals surface area contributed by atoms with Gasteiger partial charge in [-0.2, -0.15) is 0 Å². The first-order chi connectivity index (χ1) is 9.49. The van der Waals surface area contributed by atoms with Crippen LogP contribution in [-0.4, -0.2) is 34.3 Å². The first kappa shape index (κ1) is 16.2. The summed E-state index contributed by atoms with van der Waals surface area (Å²) in [7, 11) is 0. The lowest BCUT2D eigenvalue weighted by atomic mass is 10.2. The van der Waals surface area contributed by atoms with Crippen molar-refractivity contribution in [1.29, 1.82) is 0 Å². The summed E-state index contributed by atoms with van der Waals surface area (Å²) in [5.41, 5.74) is 0.847.